The maximum Gasteiger partial charge on any atom is 0.269 e. The lowest BCUT2D eigenvalue weighted by molar-refractivity contribution is -0.689. The van der Waals surface area contributed by atoms with Crippen molar-refractivity contribution in [1.82, 2.24) is 4.57 Å². The Kier molecular flexibility index (Phi) is 5.96. The molecular formula is C20H17BrClN3O3. The van der Waals surface area contributed by atoms with Crippen molar-refractivity contribution in [3.05, 3.63) is 81.3 Å². The van der Waals surface area contributed by atoms with Crippen LogP contribution in [0.15, 0.2) is 54.7 Å². The van der Waals surface area contributed by atoms with Gasteiger partial charge in [-0.2, -0.15) is 0 Å². The van der Waals surface area contributed by atoms with Crippen molar-refractivity contribution in [2.24, 2.45) is 0 Å². The van der Waals surface area contributed by atoms with Crippen molar-refractivity contribution in [2.75, 3.05) is 0 Å². The quantitative estimate of drug-likeness (QED) is 0.244. The predicted octanol–water partition coefficient (Wildman–Crippen LogP) is 0.837. The minimum absolute atomic E-state index is 0. The van der Waals surface area contributed by atoms with Crippen molar-refractivity contribution in [2.45, 2.75) is 25.9 Å². The van der Waals surface area contributed by atoms with Crippen LogP contribution in [0.3, 0.4) is 0 Å². The number of carbonyl (C=O) groups excluding carboxylic acids is 1. The summed E-state index contributed by atoms with van der Waals surface area (Å²) >= 11 is 5.99. The molecule has 28 heavy (non-hydrogen) atoms. The molecule has 0 fully saturated rings. The molecule has 1 aliphatic rings. The topological polar surface area (TPSA) is 69.0 Å². The lowest BCUT2D eigenvalue weighted by atomic mass is 10.1. The van der Waals surface area contributed by atoms with Crippen LogP contribution in [0.2, 0.25) is 5.02 Å². The first-order valence-electron chi connectivity index (χ1n) is 8.68. The Labute approximate surface area is 177 Å². The molecular weight excluding hydrogens is 446 g/mol. The molecule has 0 saturated heterocycles. The molecule has 144 valence electrons. The Morgan fingerprint density at radius 1 is 1.14 bits per heavy atom. The molecule has 0 amide bonds. The van der Waals surface area contributed by atoms with Crippen LogP contribution >= 0.6 is 11.6 Å². The first-order chi connectivity index (χ1) is 13.0. The van der Waals surface area contributed by atoms with Gasteiger partial charge in [-0.25, -0.2) is 9.13 Å². The van der Waals surface area contributed by atoms with Crippen LogP contribution in [-0.2, 0) is 19.5 Å². The second kappa shape index (κ2) is 8.24. The van der Waals surface area contributed by atoms with E-state index in [-0.39, 0.29) is 35.0 Å². The Hall–Kier alpha value is -2.51. The predicted molar refractivity (Wildman–Crippen MR) is 101 cm³/mol. The molecule has 3 aromatic rings. The van der Waals surface area contributed by atoms with E-state index in [1.54, 1.807) is 0 Å². The number of benzene rings is 2. The maximum atomic E-state index is 12.7. The highest BCUT2D eigenvalue weighted by atomic mass is 79.9. The average Bonchev–Trinajstić information content (AvgIpc) is 3.26. The van der Waals surface area contributed by atoms with Crippen LogP contribution in [0.5, 0.6) is 0 Å². The molecule has 0 atom stereocenters. The summed E-state index contributed by atoms with van der Waals surface area (Å²) in [7, 11) is 0. The van der Waals surface area contributed by atoms with Crippen LogP contribution in [0.1, 0.15) is 22.6 Å². The fraction of sp³-hybridized carbons (Fsp3) is 0.200. The van der Waals surface area contributed by atoms with Gasteiger partial charge in [-0.05, 0) is 42.8 Å². The lowest BCUT2D eigenvalue weighted by Crippen LogP contribution is -3.00. The number of nitrogens with zero attached hydrogens (tertiary/aromatic N) is 3. The number of ketones is 1. The van der Waals surface area contributed by atoms with Gasteiger partial charge in [0.2, 0.25) is 5.78 Å². The minimum atomic E-state index is -0.470. The number of non-ortho nitro benzene ring substituents is 1. The molecule has 0 spiro atoms. The number of carbonyl (C=O) groups is 1. The second-order valence-corrected chi connectivity index (χ2v) is 6.98. The smallest absolute Gasteiger partial charge is 0.269 e. The first kappa shape index (κ1) is 20.2. The number of nitro benzene ring substituents is 1. The van der Waals surface area contributed by atoms with Crippen LogP contribution in [0.4, 0.5) is 5.69 Å². The highest BCUT2D eigenvalue weighted by Gasteiger charge is 2.29. The number of imidazole rings is 1. The van der Waals surface area contributed by atoms with Gasteiger partial charge in [-0.1, -0.05) is 11.6 Å². The Morgan fingerprint density at radius 3 is 2.46 bits per heavy atom. The summed E-state index contributed by atoms with van der Waals surface area (Å²) in [4.78, 5) is 23.0. The summed E-state index contributed by atoms with van der Waals surface area (Å²) in [5, 5.41) is 11.5. The monoisotopic (exact) mass is 461 g/mol. The van der Waals surface area contributed by atoms with E-state index in [1.807, 2.05) is 35.0 Å². The minimum Gasteiger partial charge on any atom is -1.00 e. The summed E-state index contributed by atoms with van der Waals surface area (Å²) in [6.45, 7) is 1.13. The van der Waals surface area contributed by atoms with Crippen molar-refractivity contribution >= 4 is 23.1 Å². The third-order valence-corrected chi connectivity index (χ3v) is 5.10. The van der Waals surface area contributed by atoms with Gasteiger partial charge < -0.3 is 17.0 Å². The van der Waals surface area contributed by atoms with E-state index in [9.17, 15) is 14.9 Å². The number of hydrogen-bond acceptors (Lipinski definition) is 3. The molecule has 2 heterocycles. The van der Waals surface area contributed by atoms with Crippen molar-refractivity contribution < 1.29 is 31.3 Å². The first-order valence-corrected chi connectivity index (χ1v) is 9.06. The third-order valence-electron chi connectivity index (χ3n) is 4.85. The van der Waals surface area contributed by atoms with Crippen LogP contribution in [0, 0.1) is 10.1 Å². The Bertz CT molecular complexity index is 1030. The standard InChI is InChI=1S/C20H17ClN3O3.BrH/c21-16-7-3-14(4-8-16)18-12-22(20-2-1-11-23(18)20)13-19(25)15-5-9-17(10-6-15)24(26)27;/h3-10,12H,1-2,11,13H2;1H/q+1;/p-1. The van der Waals surface area contributed by atoms with Gasteiger partial charge in [0.15, 0.2) is 12.2 Å². The zero-order chi connectivity index (χ0) is 19.0. The molecule has 0 unspecified atom stereocenters. The average molecular weight is 463 g/mol. The fourth-order valence-electron chi connectivity index (χ4n) is 3.51. The molecule has 4 rings (SSSR count). The second-order valence-electron chi connectivity index (χ2n) is 6.55. The molecule has 0 radical (unpaired) electrons. The van der Waals surface area contributed by atoms with E-state index in [0.29, 0.717) is 10.6 Å². The van der Waals surface area contributed by atoms with Gasteiger partial charge >= 0.3 is 0 Å². The number of halogens is 2. The number of hydrogen-bond donors (Lipinski definition) is 0. The SMILES string of the molecule is O=C(C[n+]1cc(-c2ccc(Cl)cc2)n2c1CCC2)c1ccc([N+](=O)[O-])cc1.[Br-]. The summed E-state index contributed by atoms with van der Waals surface area (Å²) in [6, 6.07) is 13.4. The summed E-state index contributed by atoms with van der Waals surface area (Å²) < 4.78 is 4.23. The molecule has 1 aliphatic heterocycles. The van der Waals surface area contributed by atoms with E-state index in [4.69, 9.17) is 11.6 Å². The normalized spacial score (nSPS) is 12.3. The van der Waals surface area contributed by atoms with Crippen LogP contribution in [0.25, 0.3) is 11.3 Å². The molecule has 2 aromatic carbocycles. The van der Waals surface area contributed by atoms with Crippen LogP contribution < -0.4 is 21.5 Å². The number of rotatable bonds is 5. The molecule has 1 aromatic heterocycles. The van der Waals surface area contributed by atoms with Crippen molar-refractivity contribution in [1.29, 1.82) is 0 Å². The van der Waals surface area contributed by atoms with Crippen molar-refractivity contribution in [3.8, 4) is 11.3 Å². The van der Waals surface area contributed by atoms with E-state index >= 15 is 0 Å². The van der Waals surface area contributed by atoms with E-state index in [2.05, 4.69) is 4.57 Å². The number of aromatic nitrogens is 2. The van der Waals surface area contributed by atoms with E-state index in [1.165, 1.54) is 24.3 Å². The molecule has 0 aliphatic carbocycles. The molecule has 8 heteroatoms. The summed E-state index contributed by atoms with van der Waals surface area (Å²) in [5.74, 6) is 1.05. The molecule has 0 N–H and O–H groups in total. The molecule has 0 saturated carbocycles. The molecule has 6 nitrogen and oxygen atoms in total. The van der Waals surface area contributed by atoms with Gasteiger partial charge in [0.1, 0.15) is 6.20 Å². The van der Waals surface area contributed by atoms with Crippen molar-refractivity contribution in [3.63, 3.8) is 0 Å². The highest BCUT2D eigenvalue weighted by molar-refractivity contribution is 6.30. The van der Waals surface area contributed by atoms with Gasteiger partial charge in [0.25, 0.3) is 11.5 Å². The van der Waals surface area contributed by atoms with Gasteiger partial charge in [0, 0.05) is 28.3 Å². The zero-order valence-electron chi connectivity index (χ0n) is 14.8. The zero-order valence-corrected chi connectivity index (χ0v) is 17.2. The fourth-order valence-corrected chi connectivity index (χ4v) is 3.64. The Morgan fingerprint density at radius 2 is 1.82 bits per heavy atom. The number of nitro groups is 1. The van der Waals surface area contributed by atoms with E-state index < -0.39 is 4.92 Å². The van der Waals surface area contributed by atoms with Gasteiger partial charge in [-0.3, -0.25) is 14.9 Å². The van der Waals surface area contributed by atoms with Crippen LogP contribution in [-0.4, -0.2) is 15.3 Å². The summed E-state index contributed by atoms with van der Waals surface area (Å²) in [5.41, 5.74) is 2.58. The van der Waals surface area contributed by atoms with E-state index in [0.717, 1.165) is 36.5 Å². The third kappa shape index (κ3) is 3.86. The Balaban J connectivity index is 0.00000225. The highest BCUT2D eigenvalue weighted by Crippen LogP contribution is 2.26. The molecule has 0 bridgehead atoms. The number of Topliss-reactive ketones (excluding diaryl/α,β-unsaturated/α-hetero) is 1. The van der Waals surface area contributed by atoms with Gasteiger partial charge in [0.05, 0.1) is 17.9 Å². The summed E-state index contributed by atoms with van der Waals surface area (Å²) in [6.07, 6.45) is 3.96. The largest absolute Gasteiger partial charge is 1.00 e. The maximum absolute atomic E-state index is 12.7. The lowest BCUT2D eigenvalue weighted by Gasteiger charge is -2.00. The number of fused-ring (bicyclic) bond motifs is 1. The van der Waals surface area contributed by atoms with Gasteiger partial charge in [-0.15, -0.1) is 0 Å².